The van der Waals surface area contributed by atoms with Crippen LogP contribution in [0.4, 0.5) is 0 Å². The van der Waals surface area contributed by atoms with E-state index < -0.39 is 0 Å². The molecule has 0 aliphatic carbocycles. The van der Waals surface area contributed by atoms with Crippen LogP contribution < -0.4 is 5.32 Å². The monoisotopic (exact) mass is 385 g/mol. The summed E-state index contributed by atoms with van der Waals surface area (Å²) in [5.41, 5.74) is 2.32. The number of nitrogens with one attached hydrogen (secondary N) is 1. The van der Waals surface area contributed by atoms with Crippen LogP contribution in [0, 0.1) is 5.92 Å². The molecule has 1 N–H and O–H groups in total. The molecular weight excluding hydrogens is 357 g/mol. The Morgan fingerprint density at radius 1 is 1.16 bits per heavy atom. The smallest absolute Gasteiger partial charge is 0.227 e. The molecule has 1 saturated heterocycles. The van der Waals surface area contributed by atoms with Crippen LogP contribution in [0.25, 0.3) is 10.9 Å². The summed E-state index contributed by atoms with van der Waals surface area (Å²) in [6.45, 7) is 10.4. The molecule has 2 aromatic rings. The average molecular weight is 386 g/mol. The van der Waals surface area contributed by atoms with Crippen LogP contribution in [0.15, 0.2) is 30.5 Å². The first-order valence-corrected chi connectivity index (χ1v) is 8.63. The number of hydrogen-bond acceptors (Lipinski definition) is 3. The molecule has 2 heterocycles. The van der Waals surface area contributed by atoms with E-state index in [9.17, 15) is 4.79 Å². The van der Waals surface area contributed by atoms with Gasteiger partial charge in [0, 0.05) is 50.7 Å². The summed E-state index contributed by atoms with van der Waals surface area (Å²) in [4.78, 5) is 14.6. The van der Waals surface area contributed by atoms with Gasteiger partial charge in [0.2, 0.25) is 5.91 Å². The summed E-state index contributed by atoms with van der Waals surface area (Å²) in [5.74, 6) is 0.699. The second kappa shape index (κ2) is 9.58. The molecule has 1 aromatic heterocycles. The van der Waals surface area contributed by atoms with Crippen molar-refractivity contribution < 1.29 is 4.79 Å². The third-order valence-corrected chi connectivity index (χ3v) is 4.73. The first-order chi connectivity index (χ1) is 11.1. The van der Waals surface area contributed by atoms with E-state index in [1.54, 1.807) is 11.5 Å². The van der Waals surface area contributed by atoms with E-state index in [-0.39, 0.29) is 30.7 Å². The normalized spacial score (nSPS) is 16.3. The minimum Gasteiger partial charge on any atom is -0.314 e. The molecule has 0 radical (unpaired) electrons. The van der Waals surface area contributed by atoms with E-state index in [4.69, 9.17) is 0 Å². The summed E-state index contributed by atoms with van der Waals surface area (Å²) < 4.78 is 1.81. The first kappa shape index (κ1) is 22.0. The van der Waals surface area contributed by atoms with Crippen molar-refractivity contribution in [1.29, 1.82) is 0 Å². The number of para-hydroxylation sites is 1. The predicted octanol–water partition coefficient (Wildman–Crippen LogP) is 4.14. The molecule has 1 atom stereocenters. The molecule has 1 aliphatic heterocycles. The van der Waals surface area contributed by atoms with Gasteiger partial charge in [0.05, 0.1) is 5.52 Å². The van der Waals surface area contributed by atoms with Crippen LogP contribution in [0.1, 0.15) is 43.6 Å². The minimum atomic E-state index is 0. The highest BCUT2D eigenvalue weighted by Gasteiger charge is 2.26. The van der Waals surface area contributed by atoms with E-state index >= 15 is 0 Å². The maximum Gasteiger partial charge on any atom is 0.227 e. The Balaban J connectivity index is 0.00000156. The summed E-state index contributed by atoms with van der Waals surface area (Å²) >= 11 is 0. The van der Waals surface area contributed by atoms with Crippen molar-refractivity contribution in [1.82, 2.24) is 14.8 Å². The van der Waals surface area contributed by atoms with Gasteiger partial charge < -0.3 is 5.32 Å². The lowest BCUT2D eigenvalue weighted by atomic mass is 9.94. The van der Waals surface area contributed by atoms with Gasteiger partial charge in [-0.3, -0.25) is 14.3 Å². The van der Waals surface area contributed by atoms with Crippen LogP contribution in [-0.4, -0.2) is 41.6 Å². The van der Waals surface area contributed by atoms with E-state index in [0.717, 1.165) is 38.1 Å². The average Bonchev–Trinajstić information content (AvgIpc) is 2.93. The summed E-state index contributed by atoms with van der Waals surface area (Å²) in [6.07, 6.45) is 3.19. The van der Waals surface area contributed by atoms with E-state index in [2.05, 4.69) is 42.4 Å². The number of hydrogen-bond donors (Lipinski definition) is 1. The van der Waals surface area contributed by atoms with Crippen molar-refractivity contribution in [3.05, 3.63) is 36.0 Å². The van der Waals surface area contributed by atoms with Gasteiger partial charge in [-0.1, -0.05) is 32.0 Å². The highest BCUT2D eigenvalue weighted by molar-refractivity contribution is 5.93. The van der Waals surface area contributed by atoms with Crippen molar-refractivity contribution in [3.63, 3.8) is 0 Å². The van der Waals surface area contributed by atoms with Crippen LogP contribution in [0.3, 0.4) is 0 Å². The van der Waals surface area contributed by atoms with Gasteiger partial charge in [-0.15, -0.1) is 24.8 Å². The number of aromatic nitrogens is 1. The zero-order chi connectivity index (χ0) is 16.4. The van der Waals surface area contributed by atoms with Crippen LogP contribution in [0.5, 0.6) is 0 Å². The number of carbonyl (C=O) groups excluding carboxylic acids is 1. The molecule has 140 valence electrons. The third-order valence-electron chi connectivity index (χ3n) is 4.73. The molecule has 0 amide bonds. The second-order valence-corrected chi connectivity index (χ2v) is 6.92. The van der Waals surface area contributed by atoms with Gasteiger partial charge in [0.25, 0.3) is 0 Å². The van der Waals surface area contributed by atoms with Crippen molar-refractivity contribution in [2.24, 2.45) is 5.92 Å². The lowest BCUT2D eigenvalue weighted by molar-refractivity contribution is 0.0940. The maximum atomic E-state index is 12.0. The Morgan fingerprint density at radius 2 is 1.80 bits per heavy atom. The Bertz CT molecular complexity index is 693. The number of carbonyl (C=O) groups is 1. The molecule has 6 heteroatoms. The summed E-state index contributed by atoms with van der Waals surface area (Å²) in [6, 6.07) is 8.65. The molecule has 0 bridgehead atoms. The Kier molecular flexibility index (Phi) is 8.42. The SMILES string of the molecule is CC(=O)n1cc([C@H](CC(C)C)N2CCNCC2)c2ccccc21.Cl.Cl. The lowest BCUT2D eigenvalue weighted by Gasteiger charge is -2.36. The van der Waals surface area contributed by atoms with Crippen molar-refractivity contribution in [3.8, 4) is 0 Å². The molecule has 1 aliphatic rings. The number of fused-ring (bicyclic) bond motifs is 1. The summed E-state index contributed by atoms with van der Waals surface area (Å²) in [5, 5.41) is 4.65. The van der Waals surface area contributed by atoms with E-state index in [1.807, 2.05) is 12.1 Å². The first-order valence-electron chi connectivity index (χ1n) is 8.63. The number of halogens is 2. The standard InChI is InChI=1S/C19H27N3O.2ClH/c1-14(2)12-19(21-10-8-20-9-11-21)17-13-22(15(3)23)18-7-5-4-6-16(17)18;;/h4-7,13-14,19-20H,8-12H2,1-3H3;2*1H/t19-;;/m0../s1. The molecule has 0 spiro atoms. The number of benzene rings is 1. The number of rotatable bonds is 4. The molecule has 25 heavy (non-hydrogen) atoms. The van der Waals surface area contributed by atoms with E-state index in [1.165, 1.54) is 10.9 Å². The predicted molar refractivity (Wildman–Crippen MR) is 109 cm³/mol. The summed E-state index contributed by atoms with van der Waals surface area (Å²) in [7, 11) is 0. The quantitative estimate of drug-likeness (QED) is 0.858. The van der Waals surface area contributed by atoms with Gasteiger partial charge in [-0.2, -0.15) is 0 Å². The van der Waals surface area contributed by atoms with Crippen LogP contribution in [0.2, 0.25) is 0 Å². The number of nitrogens with zero attached hydrogens (tertiary/aromatic N) is 2. The van der Waals surface area contributed by atoms with Gasteiger partial charge in [0.1, 0.15) is 0 Å². The Labute approximate surface area is 162 Å². The zero-order valence-corrected chi connectivity index (χ0v) is 16.8. The van der Waals surface area contributed by atoms with Crippen molar-refractivity contribution in [2.45, 2.75) is 33.2 Å². The highest BCUT2D eigenvalue weighted by Crippen LogP contribution is 2.34. The molecule has 1 aromatic carbocycles. The molecule has 0 unspecified atom stereocenters. The number of piperazine rings is 1. The van der Waals surface area contributed by atoms with Crippen LogP contribution in [-0.2, 0) is 0 Å². The van der Waals surface area contributed by atoms with Crippen LogP contribution >= 0.6 is 24.8 Å². The molecule has 4 nitrogen and oxygen atoms in total. The van der Waals surface area contributed by atoms with Gasteiger partial charge in [-0.25, -0.2) is 0 Å². The topological polar surface area (TPSA) is 37.3 Å². The van der Waals surface area contributed by atoms with Gasteiger partial charge in [0.15, 0.2) is 0 Å². The fraction of sp³-hybridized carbons (Fsp3) is 0.526. The fourth-order valence-electron chi connectivity index (χ4n) is 3.65. The molecule has 3 rings (SSSR count). The van der Waals surface area contributed by atoms with Crippen molar-refractivity contribution >= 4 is 41.6 Å². The zero-order valence-electron chi connectivity index (χ0n) is 15.2. The fourth-order valence-corrected chi connectivity index (χ4v) is 3.65. The molecule has 1 fully saturated rings. The van der Waals surface area contributed by atoms with Gasteiger partial charge >= 0.3 is 0 Å². The Hall–Kier alpha value is -1.07. The highest BCUT2D eigenvalue weighted by atomic mass is 35.5. The Morgan fingerprint density at radius 3 is 2.40 bits per heavy atom. The largest absolute Gasteiger partial charge is 0.314 e. The minimum absolute atomic E-state index is 0. The third kappa shape index (κ3) is 4.76. The second-order valence-electron chi connectivity index (χ2n) is 6.92. The molecular formula is C19H29Cl2N3O. The lowest BCUT2D eigenvalue weighted by Crippen LogP contribution is -2.45. The van der Waals surface area contributed by atoms with Crippen molar-refractivity contribution in [2.75, 3.05) is 26.2 Å². The maximum absolute atomic E-state index is 12.0. The van der Waals surface area contributed by atoms with E-state index in [0.29, 0.717) is 12.0 Å². The molecule has 0 saturated carbocycles. The van der Waals surface area contributed by atoms with Gasteiger partial charge in [-0.05, 0) is 24.0 Å².